The predicted octanol–water partition coefficient (Wildman–Crippen LogP) is 3.68. The number of hydrogen-bond donors (Lipinski definition) is 1. The van der Waals surface area contributed by atoms with Crippen molar-refractivity contribution in [1.29, 1.82) is 0 Å². The first-order valence-corrected chi connectivity index (χ1v) is 10.1. The second kappa shape index (κ2) is 8.50. The number of amides is 1. The second-order valence-electron chi connectivity index (χ2n) is 6.46. The number of para-hydroxylation sites is 1. The lowest BCUT2D eigenvalue weighted by Crippen LogP contribution is -2.32. The number of benzene rings is 2. The van der Waals surface area contributed by atoms with Gasteiger partial charge in [0.1, 0.15) is 5.03 Å². The maximum atomic E-state index is 12.2. The van der Waals surface area contributed by atoms with Crippen LogP contribution in [0.2, 0.25) is 0 Å². The van der Waals surface area contributed by atoms with Crippen LogP contribution in [0.5, 0.6) is 0 Å². The van der Waals surface area contributed by atoms with Crippen LogP contribution in [0.15, 0.2) is 59.6 Å². The van der Waals surface area contributed by atoms with E-state index in [1.165, 1.54) is 11.8 Å². The lowest BCUT2D eigenvalue weighted by molar-refractivity contribution is -0.119. The molecule has 1 N–H and O–H groups in total. The molecule has 1 aliphatic heterocycles. The fourth-order valence-corrected chi connectivity index (χ4v) is 3.94. The third kappa shape index (κ3) is 4.46. The van der Waals surface area contributed by atoms with E-state index in [0.29, 0.717) is 18.1 Å². The van der Waals surface area contributed by atoms with Gasteiger partial charge in [-0.3, -0.25) is 4.79 Å². The first-order valence-electron chi connectivity index (χ1n) is 9.13. The van der Waals surface area contributed by atoms with Crippen molar-refractivity contribution < 1.29 is 9.53 Å². The van der Waals surface area contributed by atoms with E-state index < -0.39 is 0 Å². The van der Waals surface area contributed by atoms with E-state index in [1.807, 2.05) is 54.6 Å². The average molecular weight is 379 g/mol. The maximum Gasteiger partial charge on any atom is 0.230 e. The Hall–Kier alpha value is -2.44. The topological polar surface area (TPSA) is 64.1 Å². The number of ether oxygens (including phenoxy) is 1. The lowest BCUT2D eigenvalue weighted by Gasteiger charge is -2.11. The largest absolute Gasteiger partial charge is 0.376 e. The van der Waals surface area contributed by atoms with Crippen molar-refractivity contribution >= 4 is 28.6 Å². The summed E-state index contributed by atoms with van der Waals surface area (Å²) in [6, 6.07) is 17.8. The van der Waals surface area contributed by atoms with Crippen LogP contribution in [0.3, 0.4) is 0 Å². The SMILES string of the molecule is O=C(CSc1nc(-c2ccccc2)nc2ccccc12)NCC1CCCO1. The van der Waals surface area contributed by atoms with E-state index in [9.17, 15) is 4.79 Å². The number of fused-ring (bicyclic) bond motifs is 1. The molecule has 1 aromatic heterocycles. The molecule has 1 atom stereocenters. The summed E-state index contributed by atoms with van der Waals surface area (Å²) in [5, 5.41) is 4.75. The highest BCUT2D eigenvalue weighted by molar-refractivity contribution is 8.00. The molecule has 1 aliphatic rings. The van der Waals surface area contributed by atoms with E-state index in [4.69, 9.17) is 9.72 Å². The Morgan fingerprint density at radius 3 is 2.74 bits per heavy atom. The van der Waals surface area contributed by atoms with E-state index >= 15 is 0 Å². The number of nitrogens with one attached hydrogen (secondary N) is 1. The van der Waals surface area contributed by atoms with Gasteiger partial charge in [0.15, 0.2) is 5.82 Å². The minimum atomic E-state index is -0.000505. The van der Waals surface area contributed by atoms with Gasteiger partial charge in [-0.05, 0) is 18.9 Å². The average Bonchev–Trinajstić information content (AvgIpc) is 3.24. The number of nitrogens with zero attached hydrogens (tertiary/aromatic N) is 2. The molecule has 1 amide bonds. The molecule has 138 valence electrons. The quantitative estimate of drug-likeness (QED) is 0.523. The van der Waals surface area contributed by atoms with Crippen molar-refractivity contribution in [3.05, 3.63) is 54.6 Å². The highest BCUT2D eigenvalue weighted by Gasteiger charge is 2.17. The molecule has 1 unspecified atom stereocenters. The molecule has 2 heterocycles. The Kier molecular flexibility index (Phi) is 5.65. The molecule has 0 spiro atoms. The van der Waals surface area contributed by atoms with Crippen LogP contribution < -0.4 is 5.32 Å². The first kappa shape index (κ1) is 17.9. The zero-order chi connectivity index (χ0) is 18.5. The van der Waals surface area contributed by atoms with Crippen LogP contribution in [0, 0.1) is 0 Å². The second-order valence-corrected chi connectivity index (χ2v) is 7.43. The van der Waals surface area contributed by atoms with Crippen LogP contribution in [-0.4, -0.2) is 40.9 Å². The van der Waals surface area contributed by atoms with Gasteiger partial charge in [0, 0.05) is 24.1 Å². The lowest BCUT2D eigenvalue weighted by atomic mass is 10.2. The fraction of sp³-hybridized carbons (Fsp3) is 0.286. The molecule has 27 heavy (non-hydrogen) atoms. The number of rotatable bonds is 6. The van der Waals surface area contributed by atoms with Crippen molar-refractivity contribution in [2.24, 2.45) is 0 Å². The molecule has 1 saturated heterocycles. The van der Waals surface area contributed by atoms with E-state index in [2.05, 4.69) is 10.3 Å². The molecular formula is C21H21N3O2S. The summed E-state index contributed by atoms with van der Waals surface area (Å²) in [5.74, 6) is 0.998. The Balaban J connectivity index is 1.50. The third-order valence-corrected chi connectivity index (χ3v) is 5.48. The minimum absolute atomic E-state index is 0.000505. The van der Waals surface area contributed by atoms with Gasteiger partial charge in [-0.1, -0.05) is 60.3 Å². The van der Waals surface area contributed by atoms with Crippen molar-refractivity contribution in [2.75, 3.05) is 18.9 Å². The minimum Gasteiger partial charge on any atom is -0.376 e. The molecule has 6 heteroatoms. The summed E-state index contributed by atoms with van der Waals surface area (Å²) >= 11 is 1.45. The van der Waals surface area contributed by atoms with Gasteiger partial charge in [0.25, 0.3) is 0 Å². The van der Waals surface area contributed by atoms with Gasteiger partial charge in [-0.2, -0.15) is 0 Å². The van der Waals surface area contributed by atoms with Gasteiger partial charge in [-0.15, -0.1) is 0 Å². The number of aromatic nitrogens is 2. The molecule has 2 aromatic carbocycles. The number of hydrogen-bond acceptors (Lipinski definition) is 5. The number of thioether (sulfide) groups is 1. The predicted molar refractivity (Wildman–Crippen MR) is 108 cm³/mol. The summed E-state index contributed by atoms with van der Waals surface area (Å²) in [6.45, 7) is 1.38. The van der Waals surface area contributed by atoms with Crippen LogP contribution in [0.4, 0.5) is 0 Å². The summed E-state index contributed by atoms with van der Waals surface area (Å²) < 4.78 is 5.55. The Morgan fingerprint density at radius 2 is 1.93 bits per heavy atom. The molecular weight excluding hydrogens is 358 g/mol. The summed E-state index contributed by atoms with van der Waals surface area (Å²) in [4.78, 5) is 21.6. The molecule has 1 fully saturated rings. The Labute approximate surface area is 162 Å². The number of carbonyl (C=O) groups excluding carboxylic acids is 1. The molecule has 4 rings (SSSR count). The summed E-state index contributed by atoms with van der Waals surface area (Å²) in [7, 11) is 0. The first-order chi connectivity index (χ1) is 13.3. The zero-order valence-corrected chi connectivity index (χ0v) is 15.7. The molecule has 0 radical (unpaired) electrons. The van der Waals surface area contributed by atoms with Crippen molar-refractivity contribution in [1.82, 2.24) is 15.3 Å². The van der Waals surface area contributed by atoms with E-state index in [1.54, 1.807) is 0 Å². The van der Waals surface area contributed by atoms with Gasteiger partial charge < -0.3 is 10.1 Å². The monoisotopic (exact) mass is 379 g/mol. The zero-order valence-electron chi connectivity index (χ0n) is 14.9. The normalized spacial score (nSPS) is 16.5. The maximum absolute atomic E-state index is 12.2. The molecule has 0 bridgehead atoms. The Morgan fingerprint density at radius 1 is 1.11 bits per heavy atom. The third-order valence-electron chi connectivity index (χ3n) is 4.49. The number of carbonyl (C=O) groups is 1. The highest BCUT2D eigenvalue weighted by Crippen LogP contribution is 2.28. The smallest absolute Gasteiger partial charge is 0.230 e. The molecule has 0 aliphatic carbocycles. The standard InChI is InChI=1S/C21H21N3O2S/c25-19(22-13-16-9-6-12-26-16)14-27-21-17-10-4-5-11-18(17)23-20(24-21)15-7-2-1-3-8-15/h1-5,7-8,10-11,16H,6,9,12-14H2,(H,22,25). The van der Waals surface area contributed by atoms with Crippen molar-refractivity contribution in [3.63, 3.8) is 0 Å². The fourth-order valence-electron chi connectivity index (χ4n) is 3.09. The highest BCUT2D eigenvalue weighted by atomic mass is 32.2. The van der Waals surface area contributed by atoms with E-state index in [-0.39, 0.29) is 12.0 Å². The van der Waals surface area contributed by atoms with Crippen LogP contribution in [0.1, 0.15) is 12.8 Å². The summed E-state index contributed by atoms with van der Waals surface area (Å²) in [6.07, 6.45) is 2.25. The van der Waals surface area contributed by atoms with E-state index in [0.717, 1.165) is 40.9 Å². The van der Waals surface area contributed by atoms with Gasteiger partial charge in [0.05, 0.1) is 17.4 Å². The molecule has 0 saturated carbocycles. The molecule has 5 nitrogen and oxygen atoms in total. The van der Waals surface area contributed by atoms with Crippen molar-refractivity contribution in [2.45, 2.75) is 24.0 Å². The van der Waals surface area contributed by atoms with Crippen LogP contribution in [0.25, 0.3) is 22.3 Å². The van der Waals surface area contributed by atoms with Crippen molar-refractivity contribution in [3.8, 4) is 11.4 Å². The summed E-state index contributed by atoms with van der Waals surface area (Å²) in [5.41, 5.74) is 1.85. The molecule has 3 aromatic rings. The van der Waals surface area contributed by atoms with Gasteiger partial charge in [0.2, 0.25) is 5.91 Å². The van der Waals surface area contributed by atoms with Gasteiger partial charge in [-0.25, -0.2) is 9.97 Å². The van der Waals surface area contributed by atoms with Gasteiger partial charge >= 0.3 is 0 Å². The van der Waals surface area contributed by atoms with Crippen LogP contribution >= 0.6 is 11.8 Å². The van der Waals surface area contributed by atoms with Crippen LogP contribution in [-0.2, 0) is 9.53 Å². The Bertz CT molecular complexity index is 927.